The number of hydrogen-bond donors (Lipinski definition) is 1. The predicted molar refractivity (Wildman–Crippen MR) is 105 cm³/mol. The van der Waals surface area contributed by atoms with Crippen molar-refractivity contribution in [1.29, 1.82) is 0 Å². The molecule has 6 nitrogen and oxygen atoms in total. The number of carbonyl (C=O) groups excluding carboxylic acids is 1. The van der Waals surface area contributed by atoms with E-state index in [4.69, 9.17) is 4.74 Å². The Labute approximate surface area is 164 Å². The van der Waals surface area contributed by atoms with Gasteiger partial charge in [0, 0.05) is 23.9 Å². The lowest BCUT2D eigenvalue weighted by Crippen LogP contribution is -2.37. The Morgan fingerprint density at radius 1 is 1.15 bits per heavy atom. The zero-order valence-electron chi connectivity index (χ0n) is 15.9. The Hall–Kier alpha value is -1.34. The van der Waals surface area contributed by atoms with Crippen molar-refractivity contribution in [1.82, 2.24) is 14.9 Å². The molecule has 1 saturated carbocycles. The predicted octanol–water partition coefficient (Wildman–Crippen LogP) is 2.45. The van der Waals surface area contributed by atoms with Gasteiger partial charge in [0.15, 0.2) is 0 Å². The van der Waals surface area contributed by atoms with Gasteiger partial charge in [-0.05, 0) is 44.9 Å². The topological polar surface area (TPSA) is 73.2 Å². The van der Waals surface area contributed by atoms with E-state index in [-0.39, 0.29) is 17.7 Å². The molecule has 148 valence electrons. The first-order valence-electron chi connectivity index (χ1n) is 10.4. The number of hydrogen-bond acceptors (Lipinski definition) is 5. The molecular formula is C20H29N3O3S. The number of fused-ring (bicyclic) bond motifs is 1. The summed E-state index contributed by atoms with van der Waals surface area (Å²) < 4.78 is 7.53. The van der Waals surface area contributed by atoms with Crippen LogP contribution in [-0.2, 0) is 28.9 Å². The molecule has 4 rings (SSSR count). The normalized spacial score (nSPS) is 22.7. The summed E-state index contributed by atoms with van der Waals surface area (Å²) >= 11 is 1.42. The number of nitrogens with zero attached hydrogens (tertiary/aromatic N) is 2. The fraction of sp³-hybridized carbons (Fsp3) is 0.750. The van der Waals surface area contributed by atoms with Crippen LogP contribution >= 0.6 is 11.8 Å². The van der Waals surface area contributed by atoms with Crippen molar-refractivity contribution in [3.05, 3.63) is 21.7 Å². The van der Waals surface area contributed by atoms with Gasteiger partial charge in [0.1, 0.15) is 5.03 Å². The fourth-order valence-electron chi connectivity index (χ4n) is 4.54. The number of thioether (sulfide) groups is 1. The molecule has 0 radical (unpaired) electrons. The monoisotopic (exact) mass is 391 g/mol. The summed E-state index contributed by atoms with van der Waals surface area (Å²) in [5.74, 6) is 0.398. The first kappa shape index (κ1) is 19.0. The van der Waals surface area contributed by atoms with E-state index in [0.29, 0.717) is 18.3 Å². The van der Waals surface area contributed by atoms with Crippen molar-refractivity contribution < 1.29 is 9.53 Å². The average Bonchev–Trinajstić information content (AvgIpc) is 3.35. The molecule has 1 amide bonds. The van der Waals surface area contributed by atoms with Crippen LogP contribution in [0.5, 0.6) is 0 Å². The third-order valence-corrected chi connectivity index (χ3v) is 6.94. The summed E-state index contributed by atoms with van der Waals surface area (Å²) in [4.78, 5) is 29.3. The van der Waals surface area contributed by atoms with Crippen molar-refractivity contribution in [2.45, 2.75) is 87.9 Å². The molecule has 2 fully saturated rings. The maximum atomic E-state index is 12.6. The number of aromatic nitrogens is 2. The smallest absolute Gasteiger partial charge is 0.348 e. The fourth-order valence-corrected chi connectivity index (χ4v) is 5.42. The quantitative estimate of drug-likeness (QED) is 0.596. The van der Waals surface area contributed by atoms with Crippen LogP contribution in [0.1, 0.15) is 62.6 Å². The minimum atomic E-state index is -0.193. The molecular weight excluding hydrogens is 362 g/mol. The van der Waals surface area contributed by atoms with Crippen LogP contribution in [0.2, 0.25) is 0 Å². The van der Waals surface area contributed by atoms with Gasteiger partial charge in [0.25, 0.3) is 0 Å². The number of carbonyl (C=O) groups is 1. The van der Waals surface area contributed by atoms with Gasteiger partial charge in [-0.2, -0.15) is 4.98 Å². The second kappa shape index (κ2) is 8.78. The van der Waals surface area contributed by atoms with Crippen LogP contribution in [-0.4, -0.2) is 40.0 Å². The Balaban J connectivity index is 1.42. The van der Waals surface area contributed by atoms with E-state index in [0.717, 1.165) is 62.3 Å². The van der Waals surface area contributed by atoms with Gasteiger partial charge in [0.05, 0.1) is 18.4 Å². The van der Waals surface area contributed by atoms with Crippen LogP contribution in [0.3, 0.4) is 0 Å². The summed E-state index contributed by atoms with van der Waals surface area (Å²) in [5, 5.41) is 3.90. The van der Waals surface area contributed by atoms with Crippen molar-refractivity contribution in [3.63, 3.8) is 0 Å². The second-order valence-corrected chi connectivity index (χ2v) is 8.88. The molecule has 3 aliphatic rings. The van der Waals surface area contributed by atoms with Gasteiger partial charge < -0.3 is 10.1 Å². The number of ether oxygens (including phenoxy) is 1. The molecule has 0 spiro atoms. The molecule has 7 heteroatoms. The van der Waals surface area contributed by atoms with E-state index in [1.165, 1.54) is 36.6 Å². The van der Waals surface area contributed by atoms with E-state index < -0.39 is 0 Å². The summed E-state index contributed by atoms with van der Waals surface area (Å²) in [6.45, 7) is 1.40. The zero-order chi connectivity index (χ0) is 18.6. The first-order chi connectivity index (χ1) is 13.2. The van der Waals surface area contributed by atoms with Crippen molar-refractivity contribution in [3.8, 4) is 0 Å². The highest BCUT2D eigenvalue weighted by molar-refractivity contribution is 7.99. The molecule has 1 aromatic heterocycles. The molecule has 2 aliphatic carbocycles. The molecule has 1 aliphatic heterocycles. The van der Waals surface area contributed by atoms with Gasteiger partial charge >= 0.3 is 5.69 Å². The Bertz CT molecular complexity index is 737. The van der Waals surface area contributed by atoms with Crippen LogP contribution in [0.25, 0.3) is 0 Å². The molecule has 1 unspecified atom stereocenters. The highest BCUT2D eigenvalue weighted by Gasteiger charge is 2.25. The lowest BCUT2D eigenvalue weighted by molar-refractivity contribution is -0.119. The van der Waals surface area contributed by atoms with Crippen molar-refractivity contribution in [2.75, 3.05) is 12.4 Å². The lowest BCUT2D eigenvalue weighted by Gasteiger charge is -2.22. The van der Waals surface area contributed by atoms with E-state index in [1.54, 1.807) is 0 Å². The van der Waals surface area contributed by atoms with Crippen LogP contribution < -0.4 is 11.0 Å². The molecule has 1 N–H and O–H groups in total. The van der Waals surface area contributed by atoms with Crippen molar-refractivity contribution >= 4 is 17.7 Å². The van der Waals surface area contributed by atoms with E-state index >= 15 is 0 Å². The van der Waals surface area contributed by atoms with Crippen LogP contribution in [0.4, 0.5) is 0 Å². The summed E-state index contributed by atoms with van der Waals surface area (Å²) in [6.07, 6.45) is 11.0. The molecule has 0 bridgehead atoms. The molecule has 1 aromatic rings. The summed E-state index contributed by atoms with van der Waals surface area (Å²) in [7, 11) is 0. The standard InChI is InChI=1S/C20H29N3O3S/c24-18(21-14-6-2-1-3-7-14)13-27-19-16-9-4-10-17(16)23(20(25)22-19)12-15-8-5-11-26-15/h14-15H,1-13H2,(H,21,24). The van der Waals surface area contributed by atoms with Crippen LogP contribution in [0.15, 0.2) is 9.82 Å². The van der Waals surface area contributed by atoms with E-state index in [1.807, 2.05) is 4.57 Å². The number of nitrogens with one attached hydrogen (secondary N) is 1. The van der Waals surface area contributed by atoms with Crippen molar-refractivity contribution in [2.24, 2.45) is 0 Å². The minimum absolute atomic E-state index is 0.0592. The van der Waals surface area contributed by atoms with Crippen LogP contribution in [0, 0.1) is 0 Å². The molecule has 27 heavy (non-hydrogen) atoms. The van der Waals surface area contributed by atoms with Gasteiger partial charge in [0.2, 0.25) is 5.91 Å². The highest BCUT2D eigenvalue weighted by atomic mass is 32.2. The number of amides is 1. The third-order valence-electron chi connectivity index (χ3n) is 5.92. The van der Waals surface area contributed by atoms with Gasteiger partial charge in [-0.25, -0.2) is 4.79 Å². The number of rotatable bonds is 6. The van der Waals surface area contributed by atoms with E-state index in [2.05, 4.69) is 10.3 Å². The molecule has 2 heterocycles. The van der Waals surface area contributed by atoms with Gasteiger partial charge in [-0.15, -0.1) is 0 Å². The third kappa shape index (κ3) is 4.57. The average molecular weight is 392 g/mol. The molecule has 1 atom stereocenters. The van der Waals surface area contributed by atoms with Gasteiger partial charge in [-0.1, -0.05) is 31.0 Å². The minimum Gasteiger partial charge on any atom is -0.376 e. The largest absolute Gasteiger partial charge is 0.376 e. The highest BCUT2D eigenvalue weighted by Crippen LogP contribution is 2.30. The Kier molecular flexibility index (Phi) is 6.18. The summed E-state index contributed by atoms with van der Waals surface area (Å²) in [5.41, 5.74) is 2.09. The first-order valence-corrected chi connectivity index (χ1v) is 11.4. The molecule has 0 aromatic carbocycles. The lowest BCUT2D eigenvalue weighted by atomic mass is 9.95. The maximum absolute atomic E-state index is 12.6. The molecule has 1 saturated heterocycles. The summed E-state index contributed by atoms with van der Waals surface area (Å²) in [6, 6.07) is 0.324. The zero-order valence-corrected chi connectivity index (χ0v) is 16.7. The maximum Gasteiger partial charge on any atom is 0.348 e. The second-order valence-electron chi connectivity index (χ2n) is 7.92. The Morgan fingerprint density at radius 2 is 2.00 bits per heavy atom. The SMILES string of the molecule is O=C(CSc1nc(=O)n(CC2CCCO2)c2c1CCC2)NC1CCCCC1. The van der Waals surface area contributed by atoms with Gasteiger partial charge in [-0.3, -0.25) is 9.36 Å². The Morgan fingerprint density at radius 3 is 2.78 bits per heavy atom. The van der Waals surface area contributed by atoms with E-state index in [9.17, 15) is 9.59 Å².